The number of carbonyl (C=O) groups is 1. The van der Waals surface area contributed by atoms with E-state index in [9.17, 15) is 4.79 Å². The van der Waals surface area contributed by atoms with Crippen LogP contribution in [0.25, 0.3) is 0 Å². The number of rotatable bonds is 2. The van der Waals surface area contributed by atoms with E-state index < -0.39 is 5.97 Å². The highest BCUT2D eigenvalue weighted by atomic mass is 16.4. The Bertz CT molecular complexity index is 340. The van der Waals surface area contributed by atoms with Gasteiger partial charge < -0.3 is 15.8 Å². The van der Waals surface area contributed by atoms with Gasteiger partial charge in [-0.3, -0.25) is 5.41 Å². The van der Waals surface area contributed by atoms with Gasteiger partial charge in [0, 0.05) is 0 Å². The largest absolute Gasteiger partial charge is 0.477 e. The Morgan fingerprint density at radius 3 is 2.58 bits per heavy atom. The van der Waals surface area contributed by atoms with Crippen LogP contribution >= 0.6 is 0 Å². The number of aromatic carboxylic acids is 1. The third-order valence-electron chi connectivity index (χ3n) is 1.52. The van der Waals surface area contributed by atoms with Crippen LogP contribution in [0, 0.1) is 12.3 Å². The summed E-state index contributed by atoms with van der Waals surface area (Å²) in [5.74, 6) is -1.20. The van der Waals surface area contributed by atoms with Crippen molar-refractivity contribution in [2.24, 2.45) is 5.73 Å². The minimum Gasteiger partial charge on any atom is -0.477 e. The molecule has 0 amide bonds. The number of nitrogen functional groups attached to an aromatic ring is 1. The van der Waals surface area contributed by atoms with Crippen LogP contribution in [0.2, 0.25) is 0 Å². The first-order valence-corrected chi connectivity index (χ1v) is 3.29. The molecule has 0 radical (unpaired) electrons. The number of nitrogens with one attached hydrogen (secondary N) is 2. The van der Waals surface area contributed by atoms with Crippen LogP contribution in [0.3, 0.4) is 0 Å². The van der Waals surface area contributed by atoms with Crippen molar-refractivity contribution in [3.8, 4) is 0 Å². The highest BCUT2D eigenvalue weighted by molar-refractivity contribution is 5.96. The quantitative estimate of drug-likeness (QED) is 0.376. The number of aromatic amines is 1. The Morgan fingerprint density at radius 2 is 2.33 bits per heavy atom. The summed E-state index contributed by atoms with van der Waals surface area (Å²) in [6.45, 7) is 1.65. The molecule has 1 aromatic rings. The van der Waals surface area contributed by atoms with Gasteiger partial charge in [0.25, 0.3) is 0 Å². The topological polar surface area (TPSA) is 103 Å². The number of hydrogen-bond acceptors (Lipinski definition) is 2. The van der Waals surface area contributed by atoms with Gasteiger partial charge in [0.15, 0.2) is 0 Å². The van der Waals surface area contributed by atoms with Gasteiger partial charge in [-0.1, -0.05) is 0 Å². The number of carboxylic acid groups (broad SMARTS) is 1. The van der Waals surface area contributed by atoms with Crippen molar-refractivity contribution in [2.45, 2.75) is 6.92 Å². The SMILES string of the molecule is Cc1cc(C(=N)N)[nH]c1C(=O)O. The Kier molecular flexibility index (Phi) is 1.86. The van der Waals surface area contributed by atoms with E-state index in [1.54, 1.807) is 6.92 Å². The van der Waals surface area contributed by atoms with Crippen LogP contribution in [-0.2, 0) is 0 Å². The fraction of sp³-hybridized carbons (Fsp3) is 0.143. The molecule has 0 saturated carbocycles. The van der Waals surface area contributed by atoms with Gasteiger partial charge in [-0.05, 0) is 18.6 Å². The second kappa shape index (κ2) is 2.69. The third-order valence-corrected chi connectivity index (χ3v) is 1.52. The molecule has 0 spiro atoms. The molecule has 12 heavy (non-hydrogen) atoms. The smallest absolute Gasteiger partial charge is 0.352 e. The fourth-order valence-corrected chi connectivity index (χ4v) is 0.925. The van der Waals surface area contributed by atoms with Gasteiger partial charge in [0.05, 0.1) is 5.69 Å². The Labute approximate surface area is 68.7 Å². The summed E-state index contributed by atoms with van der Waals surface area (Å²) in [6, 6.07) is 1.53. The lowest BCUT2D eigenvalue weighted by Gasteiger charge is -1.90. The Morgan fingerprint density at radius 1 is 1.75 bits per heavy atom. The first kappa shape index (κ1) is 8.32. The van der Waals surface area contributed by atoms with Crippen molar-refractivity contribution in [3.63, 3.8) is 0 Å². The van der Waals surface area contributed by atoms with Gasteiger partial charge in [0.2, 0.25) is 0 Å². The predicted molar refractivity (Wildman–Crippen MR) is 43.5 cm³/mol. The van der Waals surface area contributed by atoms with Crippen LogP contribution in [0.5, 0.6) is 0 Å². The van der Waals surface area contributed by atoms with E-state index in [-0.39, 0.29) is 11.5 Å². The number of aryl methyl sites for hydroxylation is 1. The summed E-state index contributed by atoms with van der Waals surface area (Å²) in [5.41, 5.74) is 6.15. The van der Waals surface area contributed by atoms with Gasteiger partial charge in [-0.2, -0.15) is 0 Å². The summed E-state index contributed by atoms with van der Waals surface area (Å²) in [7, 11) is 0. The van der Waals surface area contributed by atoms with E-state index in [4.69, 9.17) is 16.2 Å². The highest BCUT2D eigenvalue weighted by Crippen LogP contribution is 2.08. The first-order valence-electron chi connectivity index (χ1n) is 3.29. The molecule has 0 aliphatic carbocycles. The molecular formula is C7H9N3O2. The maximum Gasteiger partial charge on any atom is 0.352 e. The minimum absolute atomic E-state index is 0.0835. The van der Waals surface area contributed by atoms with E-state index in [0.717, 1.165) is 0 Å². The van der Waals surface area contributed by atoms with Gasteiger partial charge in [-0.15, -0.1) is 0 Å². The normalized spacial score (nSPS) is 9.75. The zero-order chi connectivity index (χ0) is 9.30. The van der Waals surface area contributed by atoms with E-state index in [0.29, 0.717) is 11.3 Å². The van der Waals surface area contributed by atoms with E-state index in [1.807, 2.05) is 0 Å². The molecule has 0 aliphatic rings. The van der Waals surface area contributed by atoms with Crippen molar-refractivity contribution in [1.29, 1.82) is 5.41 Å². The molecular weight excluding hydrogens is 158 g/mol. The average Bonchev–Trinajstić information content (AvgIpc) is 2.30. The van der Waals surface area contributed by atoms with Gasteiger partial charge >= 0.3 is 5.97 Å². The maximum absolute atomic E-state index is 10.5. The molecule has 5 heteroatoms. The summed E-state index contributed by atoms with van der Waals surface area (Å²) in [5, 5.41) is 15.7. The molecule has 1 rings (SSSR count). The van der Waals surface area contributed by atoms with Gasteiger partial charge in [-0.25, -0.2) is 4.79 Å². The van der Waals surface area contributed by atoms with Crippen molar-refractivity contribution in [3.05, 3.63) is 23.0 Å². The van der Waals surface area contributed by atoms with Crippen molar-refractivity contribution >= 4 is 11.8 Å². The van der Waals surface area contributed by atoms with Crippen molar-refractivity contribution in [1.82, 2.24) is 4.98 Å². The molecule has 0 aromatic carbocycles. The Hall–Kier alpha value is -1.78. The highest BCUT2D eigenvalue weighted by Gasteiger charge is 2.11. The number of hydrogen-bond donors (Lipinski definition) is 4. The number of H-pyrrole nitrogens is 1. The van der Waals surface area contributed by atoms with Crippen molar-refractivity contribution in [2.75, 3.05) is 0 Å². The molecule has 64 valence electrons. The molecule has 0 fully saturated rings. The monoisotopic (exact) mass is 167 g/mol. The minimum atomic E-state index is -1.04. The fourth-order valence-electron chi connectivity index (χ4n) is 0.925. The second-order valence-electron chi connectivity index (χ2n) is 2.46. The Balaban J connectivity index is 3.17. The van der Waals surface area contributed by atoms with Crippen LogP contribution in [0.4, 0.5) is 0 Å². The molecule has 0 aliphatic heterocycles. The van der Waals surface area contributed by atoms with E-state index >= 15 is 0 Å². The summed E-state index contributed by atoms with van der Waals surface area (Å²) >= 11 is 0. The zero-order valence-electron chi connectivity index (χ0n) is 6.51. The predicted octanol–water partition coefficient (Wildman–Crippen LogP) is 0.305. The molecule has 5 N–H and O–H groups in total. The summed E-state index contributed by atoms with van der Waals surface area (Å²) in [4.78, 5) is 13.0. The van der Waals surface area contributed by atoms with E-state index in [1.165, 1.54) is 6.07 Å². The molecule has 1 aromatic heterocycles. The number of carboxylic acids is 1. The molecule has 0 unspecified atom stereocenters. The zero-order valence-corrected chi connectivity index (χ0v) is 6.51. The average molecular weight is 167 g/mol. The maximum atomic E-state index is 10.5. The number of aromatic nitrogens is 1. The lowest BCUT2D eigenvalue weighted by atomic mass is 10.2. The first-order chi connectivity index (χ1) is 5.52. The second-order valence-corrected chi connectivity index (χ2v) is 2.46. The third kappa shape index (κ3) is 1.29. The standard InChI is InChI=1S/C7H9N3O2/c1-3-2-4(6(8)9)10-5(3)7(11)12/h2,10H,1H3,(H3,8,9)(H,11,12). The molecule has 0 atom stereocenters. The van der Waals surface area contributed by atoms with Crippen LogP contribution in [0.15, 0.2) is 6.07 Å². The van der Waals surface area contributed by atoms with E-state index in [2.05, 4.69) is 4.98 Å². The van der Waals surface area contributed by atoms with Crippen LogP contribution < -0.4 is 5.73 Å². The molecule has 1 heterocycles. The lowest BCUT2D eigenvalue weighted by Crippen LogP contribution is -2.11. The summed E-state index contributed by atoms with van der Waals surface area (Å²) in [6.07, 6.45) is 0. The lowest BCUT2D eigenvalue weighted by molar-refractivity contribution is 0.0690. The van der Waals surface area contributed by atoms with Crippen LogP contribution in [0.1, 0.15) is 21.7 Å². The molecule has 5 nitrogen and oxygen atoms in total. The van der Waals surface area contributed by atoms with Crippen LogP contribution in [-0.4, -0.2) is 21.9 Å². The van der Waals surface area contributed by atoms with Gasteiger partial charge in [0.1, 0.15) is 11.5 Å². The number of amidine groups is 1. The molecule has 0 saturated heterocycles. The number of nitrogens with two attached hydrogens (primary N) is 1. The molecule has 0 bridgehead atoms. The summed E-state index contributed by atoms with van der Waals surface area (Å²) < 4.78 is 0. The van der Waals surface area contributed by atoms with Crippen molar-refractivity contribution < 1.29 is 9.90 Å².